The van der Waals surface area contributed by atoms with Crippen molar-refractivity contribution in [2.75, 3.05) is 0 Å². The van der Waals surface area contributed by atoms with Crippen LogP contribution >= 0.6 is 0 Å². The molecule has 8 atom stereocenters. The molecule has 7 nitrogen and oxygen atoms in total. The fourth-order valence-electron chi connectivity index (χ4n) is 7.01. The highest BCUT2D eigenvalue weighted by atomic mass is 16.3. The summed E-state index contributed by atoms with van der Waals surface area (Å²) in [6.45, 7) is 9.74. The van der Waals surface area contributed by atoms with Crippen molar-refractivity contribution in [3.05, 3.63) is 84.1 Å². The molecule has 0 radical (unpaired) electrons. The van der Waals surface area contributed by atoms with E-state index >= 15 is 0 Å². The van der Waals surface area contributed by atoms with Crippen LogP contribution in [0.5, 0.6) is 0 Å². The maximum Gasteiger partial charge on any atom is 0.235 e. The summed E-state index contributed by atoms with van der Waals surface area (Å²) in [7, 11) is 0. The molecule has 2 aliphatic carbocycles. The van der Waals surface area contributed by atoms with Crippen LogP contribution in [0.1, 0.15) is 32.8 Å². The number of nitrogens with one attached hydrogen (secondary N) is 2. The largest absolute Gasteiger partial charge is 0.388 e. The lowest BCUT2D eigenvalue weighted by molar-refractivity contribution is -0.148. The van der Waals surface area contributed by atoms with E-state index in [9.17, 15) is 24.6 Å². The highest BCUT2D eigenvalue weighted by Gasteiger charge is 2.68. The number of aromatic amines is 1. The van der Waals surface area contributed by atoms with Gasteiger partial charge >= 0.3 is 0 Å². The Kier molecular flexibility index (Phi) is 7.08. The van der Waals surface area contributed by atoms with Gasteiger partial charge in [-0.3, -0.25) is 14.4 Å². The summed E-state index contributed by atoms with van der Waals surface area (Å²) >= 11 is 0. The van der Waals surface area contributed by atoms with Gasteiger partial charge in [0.15, 0.2) is 11.6 Å². The lowest BCUT2D eigenvalue weighted by Crippen LogP contribution is -2.58. The first-order valence-electron chi connectivity index (χ1n) is 13.6. The Morgan fingerprint density at radius 1 is 1.10 bits per heavy atom. The first-order chi connectivity index (χ1) is 18.6. The molecule has 4 N–H and O–H groups in total. The van der Waals surface area contributed by atoms with Crippen LogP contribution in [0.4, 0.5) is 0 Å². The molecule has 7 heteroatoms. The van der Waals surface area contributed by atoms with Gasteiger partial charge in [0.25, 0.3) is 0 Å². The summed E-state index contributed by atoms with van der Waals surface area (Å²) in [6, 6.07) is 7.53. The molecule has 1 saturated heterocycles. The minimum absolute atomic E-state index is 0.00855. The van der Waals surface area contributed by atoms with Crippen molar-refractivity contribution in [2.24, 2.45) is 29.1 Å². The molecular weight excluding hydrogens is 492 g/mol. The third-order valence-corrected chi connectivity index (χ3v) is 9.04. The van der Waals surface area contributed by atoms with Gasteiger partial charge in [-0.1, -0.05) is 56.9 Å². The fourth-order valence-corrected chi connectivity index (χ4v) is 7.01. The topological polar surface area (TPSA) is 119 Å². The Labute approximate surface area is 228 Å². The highest BCUT2D eigenvalue weighted by Crippen LogP contribution is 2.56. The number of benzene rings is 1. The molecule has 39 heavy (non-hydrogen) atoms. The molecule has 1 saturated carbocycles. The zero-order valence-corrected chi connectivity index (χ0v) is 22.6. The van der Waals surface area contributed by atoms with Gasteiger partial charge in [0, 0.05) is 35.0 Å². The zero-order valence-electron chi connectivity index (χ0n) is 22.6. The van der Waals surface area contributed by atoms with Crippen molar-refractivity contribution >= 4 is 28.4 Å². The molecule has 2 aromatic rings. The van der Waals surface area contributed by atoms with E-state index < -0.39 is 53.0 Å². The van der Waals surface area contributed by atoms with Gasteiger partial charge in [-0.25, -0.2) is 0 Å². The number of amides is 1. The van der Waals surface area contributed by atoms with Crippen LogP contribution in [-0.4, -0.2) is 50.9 Å². The van der Waals surface area contributed by atoms with Crippen molar-refractivity contribution < 1.29 is 24.6 Å². The highest BCUT2D eigenvalue weighted by molar-refractivity contribution is 6.15. The molecule has 0 bridgehead atoms. The number of allylic oxidation sites excluding steroid dienone is 3. The molecule has 1 aromatic heterocycles. The first kappa shape index (κ1) is 27.0. The van der Waals surface area contributed by atoms with Gasteiger partial charge < -0.3 is 20.5 Å². The molecule has 1 amide bonds. The van der Waals surface area contributed by atoms with Crippen LogP contribution in [-0.2, 0) is 20.8 Å². The van der Waals surface area contributed by atoms with Crippen LogP contribution in [0.2, 0.25) is 0 Å². The quantitative estimate of drug-likeness (QED) is 0.351. The number of carbonyl (C=O) groups is 3. The van der Waals surface area contributed by atoms with Crippen molar-refractivity contribution in [3.63, 3.8) is 0 Å². The molecule has 1 aliphatic heterocycles. The summed E-state index contributed by atoms with van der Waals surface area (Å²) in [6.07, 6.45) is 8.17. The zero-order chi connectivity index (χ0) is 28.1. The second-order valence-electron chi connectivity index (χ2n) is 11.4. The Hall–Kier alpha value is -3.55. The number of aliphatic hydroxyl groups excluding tert-OH is 2. The van der Waals surface area contributed by atoms with E-state index in [0.29, 0.717) is 24.0 Å². The van der Waals surface area contributed by atoms with Crippen molar-refractivity contribution in [1.29, 1.82) is 0 Å². The minimum atomic E-state index is -1.63. The van der Waals surface area contributed by atoms with Crippen LogP contribution in [0.25, 0.3) is 10.9 Å². The average molecular weight is 529 g/mol. The van der Waals surface area contributed by atoms with Gasteiger partial charge in [-0.05, 0) is 66.5 Å². The van der Waals surface area contributed by atoms with Crippen LogP contribution in [0, 0.1) is 29.1 Å². The van der Waals surface area contributed by atoms with Crippen molar-refractivity contribution in [1.82, 2.24) is 10.3 Å². The third kappa shape index (κ3) is 4.34. The van der Waals surface area contributed by atoms with E-state index in [4.69, 9.17) is 0 Å². The van der Waals surface area contributed by atoms with E-state index in [1.54, 1.807) is 13.0 Å². The van der Waals surface area contributed by atoms with E-state index in [-0.39, 0.29) is 11.8 Å². The lowest BCUT2D eigenvalue weighted by atomic mass is 9.52. The predicted molar refractivity (Wildman–Crippen MR) is 149 cm³/mol. The summed E-state index contributed by atoms with van der Waals surface area (Å²) in [5, 5.41) is 26.1. The minimum Gasteiger partial charge on any atom is -0.388 e. The molecule has 1 aromatic carbocycles. The predicted octanol–water partition coefficient (Wildman–Crippen LogP) is 3.59. The summed E-state index contributed by atoms with van der Waals surface area (Å²) in [5.41, 5.74) is 1.46. The second-order valence-corrected chi connectivity index (χ2v) is 11.4. The molecule has 204 valence electrons. The lowest BCUT2D eigenvalue weighted by Gasteiger charge is -2.48. The number of ketones is 2. The number of hydrogen-bond acceptors (Lipinski definition) is 5. The van der Waals surface area contributed by atoms with E-state index in [0.717, 1.165) is 28.6 Å². The second kappa shape index (κ2) is 10.2. The monoisotopic (exact) mass is 528 g/mol. The van der Waals surface area contributed by atoms with Crippen LogP contribution in [0.15, 0.2) is 78.6 Å². The maximum absolute atomic E-state index is 14.1. The smallest absolute Gasteiger partial charge is 0.235 e. The van der Waals surface area contributed by atoms with E-state index in [1.807, 2.05) is 56.5 Å². The number of carbonyl (C=O) groups excluding carboxylic acids is 3. The van der Waals surface area contributed by atoms with Gasteiger partial charge in [0.1, 0.15) is 11.5 Å². The van der Waals surface area contributed by atoms with Crippen LogP contribution < -0.4 is 5.32 Å². The number of fused-ring (bicyclic) bond motifs is 1. The number of hydrogen-bond donors (Lipinski definition) is 4. The molecule has 3 aliphatic rings. The molecule has 2 fully saturated rings. The summed E-state index contributed by atoms with van der Waals surface area (Å²) in [5.74, 6) is -3.34. The van der Waals surface area contributed by atoms with Gasteiger partial charge in [0.05, 0.1) is 6.10 Å². The number of aliphatic hydroxyl groups is 2. The normalized spacial score (nSPS) is 38.5. The van der Waals surface area contributed by atoms with Crippen molar-refractivity contribution in [3.8, 4) is 0 Å². The summed E-state index contributed by atoms with van der Waals surface area (Å²) in [4.78, 5) is 44.2. The first-order valence-corrected chi connectivity index (χ1v) is 13.6. The Morgan fingerprint density at radius 3 is 2.62 bits per heavy atom. The Bertz CT molecular complexity index is 1430. The van der Waals surface area contributed by atoms with Gasteiger partial charge in [0.2, 0.25) is 5.91 Å². The van der Waals surface area contributed by atoms with Gasteiger partial charge in [-0.2, -0.15) is 0 Å². The molecular formula is C32H36N2O5. The SMILES string of the molecule is C=C1[C@@H](C)[C@H]2[C@H](Cc3c[nH]c4ccccc34)NC(=O)[C@]23C(=O)/C=C/C(=O)[C@H](O)/C(C)=C\[C@@H](C)C/C=C\[C@H]3[C@@H]1O. The molecule has 1 spiro atoms. The maximum atomic E-state index is 14.1. The Balaban J connectivity index is 1.63. The molecule has 5 rings (SSSR count). The average Bonchev–Trinajstić information content (AvgIpc) is 3.45. The number of rotatable bonds is 2. The molecule has 0 unspecified atom stereocenters. The van der Waals surface area contributed by atoms with Gasteiger partial charge in [-0.15, -0.1) is 0 Å². The third-order valence-electron chi connectivity index (χ3n) is 9.04. The standard InChI is InChI=1S/C32H36N2O5/c1-17-8-7-10-23-30(38)20(4)19(3)28-25(15-21-16-33-24-11-6-5-9-22(21)24)34-31(39)32(23,28)27(36)13-12-26(35)29(37)18(2)14-17/h5-7,9-14,16-17,19,23,25,28-30,33,37-38H,4,8,15H2,1-3H3,(H,34,39)/b10-7-,13-12+,18-14-/t17-,19+,23-,25-,28-,29+,30+,32+/m0/s1. The number of H-pyrrole nitrogens is 1. The van der Waals surface area contributed by atoms with E-state index in [1.165, 1.54) is 0 Å². The Morgan fingerprint density at radius 2 is 1.85 bits per heavy atom. The fraction of sp³-hybridized carbons (Fsp3) is 0.406. The molecule has 2 heterocycles. The number of aromatic nitrogens is 1. The van der Waals surface area contributed by atoms with Crippen LogP contribution in [0.3, 0.4) is 0 Å². The number of para-hydroxylation sites is 1. The van der Waals surface area contributed by atoms with E-state index in [2.05, 4.69) is 16.9 Å². The van der Waals surface area contributed by atoms with Crippen molar-refractivity contribution in [2.45, 2.75) is 51.9 Å². The summed E-state index contributed by atoms with van der Waals surface area (Å²) < 4.78 is 0.